The molecule has 3 aromatic carbocycles. The summed E-state index contributed by atoms with van der Waals surface area (Å²) in [5.74, 6) is 1.30. The molecular weight excluding hydrogens is 508 g/mol. The van der Waals surface area contributed by atoms with Gasteiger partial charge in [0, 0.05) is 31.9 Å². The highest BCUT2D eigenvalue weighted by atomic mass is 16.5. The van der Waals surface area contributed by atoms with Crippen molar-refractivity contribution < 1.29 is 14.0 Å². The van der Waals surface area contributed by atoms with Gasteiger partial charge >= 0.3 is 0 Å². The Kier molecular flexibility index (Phi) is 9.15. The van der Waals surface area contributed by atoms with Crippen LogP contribution in [0.3, 0.4) is 0 Å². The molecule has 0 radical (unpaired) electrons. The van der Waals surface area contributed by atoms with Gasteiger partial charge in [-0.05, 0) is 82.0 Å². The molecule has 0 unspecified atom stereocenters. The van der Waals surface area contributed by atoms with Gasteiger partial charge in [0.05, 0.1) is 25.6 Å². The quantitative estimate of drug-likeness (QED) is 0.199. The van der Waals surface area contributed by atoms with E-state index >= 15 is 0 Å². The third-order valence-electron chi connectivity index (χ3n) is 7.00. The highest BCUT2D eigenvalue weighted by molar-refractivity contribution is 6.03. The van der Waals surface area contributed by atoms with Gasteiger partial charge in [-0.1, -0.05) is 42.5 Å². The average Bonchev–Trinajstić information content (AvgIpc) is 2.98. The summed E-state index contributed by atoms with van der Waals surface area (Å²) in [5.41, 5.74) is 22.1. The van der Waals surface area contributed by atoms with Gasteiger partial charge in [0.25, 0.3) is 0 Å². The number of nitrogens with zero attached hydrogens (tertiary/aromatic N) is 2. The number of hydrogen-bond acceptors (Lipinski definition) is 5. The molecule has 4 rings (SSSR count). The lowest BCUT2D eigenvalue weighted by molar-refractivity contribution is -0.462. The Morgan fingerprint density at radius 1 is 0.732 bits per heavy atom. The molecule has 0 atom stereocenters. The molecular formula is C35H39N4O2+. The molecule has 1 aliphatic carbocycles. The molecule has 0 aliphatic heterocycles. The highest BCUT2D eigenvalue weighted by Gasteiger charge is 2.12. The molecule has 0 fully saturated rings. The van der Waals surface area contributed by atoms with Gasteiger partial charge in [-0.25, -0.2) is 4.58 Å². The SMILES string of the molecule is COc1ccc(C(C=CC=C(c2ccc(N(C)C)cc2)c2ccc(N)c(OC)c2)=C2C=CC(=[N+](C)C)C=C2)cc1N. The Bertz CT molecular complexity index is 1580. The van der Waals surface area contributed by atoms with Crippen LogP contribution < -0.4 is 25.8 Å². The lowest BCUT2D eigenvalue weighted by atomic mass is 9.94. The van der Waals surface area contributed by atoms with Gasteiger partial charge in [0.15, 0.2) is 5.71 Å². The number of anilines is 3. The number of ether oxygens (including phenoxy) is 2. The second kappa shape index (κ2) is 12.9. The summed E-state index contributed by atoms with van der Waals surface area (Å²) in [7, 11) is 11.4. The third-order valence-corrected chi connectivity index (χ3v) is 7.00. The number of methoxy groups -OCH3 is 2. The lowest BCUT2D eigenvalue weighted by Crippen LogP contribution is -2.09. The summed E-state index contributed by atoms with van der Waals surface area (Å²) in [5, 5.41) is 0. The molecule has 0 amide bonds. The van der Waals surface area contributed by atoms with Crippen molar-refractivity contribution in [3.63, 3.8) is 0 Å². The van der Waals surface area contributed by atoms with Crippen LogP contribution in [0.2, 0.25) is 0 Å². The van der Waals surface area contributed by atoms with Crippen LogP contribution in [0.1, 0.15) is 16.7 Å². The molecule has 6 heteroatoms. The summed E-state index contributed by atoms with van der Waals surface area (Å²) in [6.45, 7) is 0. The minimum atomic E-state index is 0.590. The smallest absolute Gasteiger partial charge is 0.199 e. The molecule has 4 N–H and O–H groups in total. The van der Waals surface area contributed by atoms with E-state index in [1.807, 2.05) is 64.6 Å². The predicted octanol–water partition coefficient (Wildman–Crippen LogP) is 6.22. The fourth-order valence-corrected chi connectivity index (χ4v) is 4.62. The maximum absolute atomic E-state index is 6.31. The van der Waals surface area contributed by atoms with Gasteiger partial charge < -0.3 is 25.8 Å². The monoisotopic (exact) mass is 547 g/mol. The first kappa shape index (κ1) is 29.0. The second-order valence-electron chi connectivity index (χ2n) is 10.1. The Morgan fingerprint density at radius 2 is 1.37 bits per heavy atom. The molecule has 1 aliphatic rings. The molecule has 0 bridgehead atoms. The molecule has 210 valence electrons. The van der Waals surface area contributed by atoms with E-state index in [9.17, 15) is 0 Å². The fourth-order valence-electron chi connectivity index (χ4n) is 4.62. The summed E-state index contributed by atoms with van der Waals surface area (Å²) in [6, 6.07) is 20.3. The van der Waals surface area contributed by atoms with Crippen molar-refractivity contribution in [2.24, 2.45) is 0 Å². The van der Waals surface area contributed by atoms with Crippen molar-refractivity contribution in [1.29, 1.82) is 0 Å². The van der Waals surface area contributed by atoms with E-state index in [1.165, 1.54) is 0 Å². The average molecular weight is 548 g/mol. The standard InChI is InChI=1S/C35H38N4O2/c1-38(2)28-16-10-24(11-17-28)30(26-15-21-34(40-5)33(37)22-26)8-7-9-31(25-12-18-29(19-13-25)39(3)4)27-14-20-32(36)35(23-27)41-6/h7-23,36H,37H2,1-6H3/p+1. The van der Waals surface area contributed by atoms with Crippen molar-refractivity contribution in [2.75, 3.05) is 58.8 Å². The Balaban J connectivity index is 1.84. The number of rotatable bonds is 8. The zero-order valence-corrected chi connectivity index (χ0v) is 24.7. The van der Waals surface area contributed by atoms with Crippen molar-refractivity contribution in [3.05, 3.63) is 125 Å². The summed E-state index contributed by atoms with van der Waals surface area (Å²) in [6.07, 6.45) is 14.8. The normalized spacial score (nSPS) is 13.1. The van der Waals surface area contributed by atoms with E-state index in [4.69, 9.17) is 20.9 Å². The van der Waals surface area contributed by atoms with Crippen LogP contribution in [0.4, 0.5) is 17.1 Å². The second-order valence-corrected chi connectivity index (χ2v) is 10.1. The van der Waals surface area contributed by atoms with Crippen molar-refractivity contribution in [3.8, 4) is 11.5 Å². The van der Waals surface area contributed by atoms with Crippen molar-refractivity contribution >= 4 is 33.9 Å². The Hall–Kier alpha value is -4.97. The van der Waals surface area contributed by atoms with E-state index in [0.717, 1.165) is 44.8 Å². The van der Waals surface area contributed by atoms with Crippen molar-refractivity contribution in [1.82, 2.24) is 0 Å². The van der Waals surface area contributed by atoms with Crippen LogP contribution >= 0.6 is 0 Å². The van der Waals surface area contributed by atoms with Crippen LogP contribution in [-0.2, 0) is 0 Å². The van der Waals surface area contributed by atoms with Gasteiger partial charge in [0.2, 0.25) is 0 Å². The first-order valence-electron chi connectivity index (χ1n) is 13.4. The van der Waals surface area contributed by atoms with Crippen molar-refractivity contribution in [2.45, 2.75) is 0 Å². The van der Waals surface area contributed by atoms with Crippen LogP contribution in [-0.4, -0.2) is 52.7 Å². The molecule has 0 spiro atoms. The third kappa shape index (κ3) is 6.79. The molecule has 6 nitrogen and oxygen atoms in total. The van der Waals surface area contributed by atoms with Crippen LogP contribution in [0, 0.1) is 0 Å². The largest absolute Gasteiger partial charge is 0.495 e. The van der Waals surface area contributed by atoms with Crippen LogP contribution in [0.15, 0.2) is 109 Å². The number of nitrogens with two attached hydrogens (primary N) is 2. The number of benzene rings is 3. The maximum atomic E-state index is 6.31. The van der Waals surface area contributed by atoms with E-state index in [-0.39, 0.29) is 0 Å². The lowest BCUT2D eigenvalue weighted by Gasteiger charge is -2.15. The molecule has 0 aromatic heterocycles. The van der Waals surface area contributed by atoms with Gasteiger partial charge in [-0.3, -0.25) is 0 Å². The number of allylic oxidation sites excluding steroid dienone is 9. The zero-order valence-electron chi connectivity index (χ0n) is 24.7. The zero-order chi connectivity index (χ0) is 29.5. The van der Waals surface area contributed by atoms with Gasteiger partial charge in [0.1, 0.15) is 25.6 Å². The Morgan fingerprint density at radius 3 is 1.95 bits per heavy atom. The maximum Gasteiger partial charge on any atom is 0.199 e. The highest BCUT2D eigenvalue weighted by Crippen LogP contribution is 2.33. The predicted molar refractivity (Wildman–Crippen MR) is 174 cm³/mol. The van der Waals surface area contributed by atoms with Gasteiger partial charge in [-0.15, -0.1) is 0 Å². The first-order valence-corrected chi connectivity index (χ1v) is 13.4. The molecule has 41 heavy (non-hydrogen) atoms. The van der Waals surface area contributed by atoms with E-state index < -0.39 is 0 Å². The Labute approximate surface area is 243 Å². The fraction of sp³-hybridized carbons (Fsp3) is 0.171. The minimum absolute atomic E-state index is 0.590. The molecule has 3 aromatic rings. The van der Waals surface area contributed by atoms with Crippen LogP contribution in [0.5, 0.6) is 11.5 Å². The van der Waals surface area contributed by atoms with E-state index in [0.29, 0.717) is 22.9 Å². The minimum Gasteiger partial charge on any atom is -0.495 e. The van der Waals surface area contributed by atoms with Crippen LogP contribution in [0.25, 0.3) is 11.1 Å². The summed E-state index contributed by atoms with van der Waals surface area (Å²) < 4.78 is 13.0. The topological polar surface area (TPSA) is 76.8 Å². The van der Waals surface area contributed by atoms with Gasteiger partial charge in [-0.2, -0.15) is 0 Å². The molecule has 0 saturated heterocycles. The summed E-state index contributed by atoms with van der Waals surface area (Å²) in [4.78, 5) is 2.09. The summed E-state index contributed by atoms with van der Waals surface area (Å²) >= 11 is 0. The first-order chi connectivity index (χ1) is 19.7. The van der Waals surface area contributed by atoms with E-state index in [1.54, 1.807) is 14.2 Å². The number of nitrogen functional groups attached to an aromatic ring is 2. The molecule has 0 heterocycles. The molecule has 0 saturated carbocycles. The van der Waals surface area contributed by atoms with E-state index in [2.05, 4.69) is 76.3 Å². The number of hydrogen-bond donors (Lipinski definition) is 2.